The molecule has 0 fully saturated rings. The van der Waals surface area contributed by atoms with E-state index < -0.39 is 21.2 Å². The Kier molecular flexibility index (Phi) is 26.4. The van der Waals surface area contributed by atoms with Gasteiger partial charge < -0.3 is 10.2 Å². The van der Waals surface area contributed by atoms with Crippen molar-refractivity contribution in [1.29, 1.82) is 0 Å². The van der Waals surface area contributed by atoms with Crippen LogP contribution in [0.1, 0.15) is 64.2 Å². The summed E-state index contributed by atoms with van der Waals surface area (Å²) in [6, 6.07) is 0. The number of carbonyl (C=O) groups excluding carboxylic acids is 2. The van der Waals surface area contributed by atoms with Crippen molar-refractivity contribution in [2.75, 3.05) is 0 Å². The Morgan fingerprint density at radius 2 is 0.846 bits per heavy atom. The number of halogens is 4. The number of unbranched alkanes of at least 4 members (excludes halogenated alkanes) is 4. The number of hydrogen-bond acceptors (Lipinski definition) is 5. The molecule has 0 saturated heterocycles. The quantitative estimate of drug-likeness (QED) is 0.311. The van der Waals surface area contributed by atoms with Crippen LogP contribution in [0.2, 0.25) is 0 Å². The number of rotatable bonds is 12. The summed E-state index contributed by atoms with van der Waals surface area (Å²) in [7, 11) is 7.36. The molecular formula is C14H22Cl4O7S. The van der Waals surface area contributed by atoms with Gasteiger partial charge in [0, 0.05) is 47.0 Å². The van der Waals surface area contributed by atoms with Gasteiger partial charge in [-0.1, -0.05) is 12.8 Å². The number of aliphatic carboxylic acids is 2. The summed E-state index contributed by atoms with van der Waals surface area (Å²) in [5.74, 6) is -1.64. The maximum absolute atomic E-state index is 10.2. The smallest absolute Gasteiger partial charge is 0.303 e. The average molecular weight is 476 g/mol. The van der Waals surface area contributed by atoms with Crippen molar-refractivity contribution in [2.24, 2.45) is 0 Å². The second kappa shape index (κ2) is 22.6. The second-order valence-electron chi connectivity index (χ2n) is 4.80. The lowest BCUT2D eigenvalue weighted by atomic mass is 10.1. The SMILES string of the molecule is O=C(Cl)CCCCCC(=O)Cl.O=C(O)CCCCCC(=O)O.O=S(Cl)Cl. The maximum Gasteiger partial charge on any atom is 0.303 e. The number of carboxylic acids is 2. The van der Waals surface area contributed by atoms with E-state index in [2.05, 4.69) is 21.4 Å². The second-order valence-corrected chi connectivity index (χ2v) is 8.17. The lowest BCUT2D eigenvalue weighted by Gasteiger charge is -1.94. The predicted molar refractivity (Wildman–Crippen MR) is 103 cm³/mol. The molecular weight excluding hydrogens is 454 g/mol. The molecule has 0 amide bonds. The fourth-order valence-electron chi connectivity index (χ4n) is 1.43. The zero-order chi connectivity index (χ0) is 21.0. The lowest BCUT2D eigenvalue weighted by molar-refractivity contribution is -0.137. The van der Waals surface area contributed by atoms with Gasteiger partial charge in [0.1, 0.15) is 0 Å². The molecule has 12 heteroatoms. The summed E-state index contributed by atoms with van der Waals surface area (Å²) in [4.78, 5) is 40.4. The van der Waals surface area contributed by atoms with Crippen molar-refractivity contribution in [3.05, 3.63) is 0 Å². The van der Waals surface area contributed by atoms with Crippen LogP contribution in [0.3, 0.4) is 0 Å². The molecule has 154 valence electrons. The summed E-state index contributed by atoms with van der Waals surface area (Å²) >= 11 is 10.2. The number of hydrogen-bond donors (Lipinski definition) is 2. The summed E-state index contributed by atoms with van der Waals surface area (Å²) in [6.07, 6.45) is 5.19. The van der Waals surface area contributed by atoms with Crippen molar-refractivity contribution < 1.29 is 33.6 Å². The lowest BCUT2D eigenvalue weighted by Crippen LogP contribution is -1.96. The number of carbonyl (C=O) groups is 4. The fraction of sp³-hybridized carbons (Fsp3) is 0.714. The minimum Gasteiger partial charge on any atom is -0.481 e. The topological polar surface area (TPSA) is 126 Å². The van der Waals surface area contributed by atoms with Crippen LogP contribution in [0.4, 0.5) is 0 Å². The van der Waals surface area contributed by atoms with E-state index in [1.807, 2.05) is 0 Å². The van der Waals surface area contributed by atoms with Crippen LogP contribution >= 0.6 is 44.6 Å². The van der Waals surface area contributed by atoms with E-state index in [1.165, 1.54) is 0 Å². The van der Waals surface area contributed by atoms with Crippen molar-refractivity contribution in [2.45, 2.75) is 64.2 Å². The molecule has 26 heavy (non-hydrogen) atoms. The molecule has 0 heterocycles. The summed E-state index contributed by atoms with van der Waals surface area (Å²) in [5.41, 5.74) is 0. The average Bonchev–Trinajstić information content (AvgIpc) is 2.45. The molecule has 0 aliphatic heterocycles. The van der Waals surface area contributed by atoms with Gasteiger partial charge in [0.05, 0.1) is 0 Å². The molecule has 0 atom stereocenters. The summed E-state index contributed by atoms with van der Waals surface area (Å²) < 4.78 is 9.09. The maximum atomic E-state index is 10.2. The van der Waals surface area contributed by atoms with Gasteiger partial charge >= 0.3 is 11.9 Å². The Bertz CT molecular complexity index is 377. The van der Waals surface area contributed by atoms with E-state index in [1.54, 1.807) is 0 Å². The first-order valence-corrected chi connectivity index (χ1v) is 11.1. The van der Waals surface area contributed by atoms with Gasteiger partial charge in [-0.3, -0.25) is 19.2 Å². The molecule has 0 bridgehead atoms. The van der Waals surface area contributed by atoms with Crippen molar-refractivity contribution >= 4 is 76.2 Å². The molecule has 0 aromatic carbocycles. The molecule has 0 unspecified atom stereocenters. The van der Waals surface area contributed by atoms with Crippen molar-refractivity contribution in [3.8, 4) is 0 Å². The third-order valence-electron chi connectivity index (χ3n) is 2.53. The normalized spacial score (nSPS) is 9.42. The van der Waals surface area contributed by atoms with Crippen LogP contribution < -0.4 is 0 Å². The first kappa shape index (κ1) is 30.3. The first-order valence-electron chi connectivity index (χ1n) is 7.53. The molecule has 0 aliphatic rings. The van der Waals surface area contributed by atoms with Gasteiger partial charge in [-0.2, -0.15) is 0 Å². The van der Waals surface area contributed by atoms with Crippen LogP contribution in [-0.2, 0) is 28.4 Å². The molecule has 0 spiro atoms. The summed E-state index contributed by atoms with van der Waals surface area (Å²) in [6.45, 7) is 0. The van der Waals surface area contributed by atoms with Crippen LogP contribution in [0.25, 0.3) is 0 Å². The minimum atomic E-state index is -1.67. The zero-order valence-corrected chi connectivity index (χ0v) is 17.8. The van der Waals surface area contributed by atoms with Crippen LogP contribution in [0.5, 0.6) is 0 Å². The van der Waals surface area contributed by atoms with E-state index in [-0.39, 0.29) is 23.3 Å². The fourth-order valence-corrected chi connectivity index (χ4v) is 1.70. The van der Waals surface area contributed by atoms with E-state index >= 15 is 0 Å². The zero-order valence-electron chi connectivity index (χ0n) is 13.9. The predicted octanol–water partition coefficient (Wildman–Crippen LogP) is 4.62. The molecule has 0 aromatic rings. The highest BCUT2D eigenvalue weighted by Gasteiger charge is 1.99. The molecule has 0 rings (SSSR count). The minimum absolute atomic E-state index is 0.139. The Balaban J connectivity index is -0.000000338. The van der Waals surface area contributed by atoms with Crippen LogP contribution in [0, 0.1) is 0 Å². The Labute approximate surface area is 173 Å². The Morgan fingerprint density at radius 1 is 0.615 bits per heavy atom. The standard InChI is InChI=1S/C7H10Cl2O2.C7H12O4.Cl2OS/c8-6(10)4-2-1-3-5-7(9)11;8-6(9)4-2-1-3-5-7(10)11;1-4(2)3/h1-5H2;1-5H2,(H,8,9)(H,10,11);. The molecule has 0 aliphatic carbocycles. The Morgan fingerprint density at radius 3 is 1.04 bits per heavy atom. The van der Waals surface area contributed by atoms with Crippen LogP contribution in [-0.4, -0.2) is 36.8 Å². The van der Waals surface area contributed by atoms with E-state index in [9.17, 15) is 19.2 Å². The van der Waals surface area contributed by atoms with Gasteiger partial charge in [-0.05, 0) is 48.9 Å². The van der Waals surface area contributed by atoms with Gasteiger partial charge in [0.25, 0.3) is 0 Å². The molecule has 7 nitrogen and oxygen atoms in total. The Hall–Kier alpha value is -0.410. The molecule has 2 N–H and O–H groups in total. The van der Waals surface area contributed by atoms with E-state index in [4.69, 9.17) is 37.6 Å². The number of carboxylic acid groups (broad SMARTS) is 2. The van der Waals surface area contributed by atoms with E-state index in [0.29, 0.717) is 32.1 Å². The van der Waals surface area contributed by atoms with Crippen LogP contribution in [0.15, 0.2) is 0 Å². The monoisotopic (exact) mass is 474 g/mol. The molecule has 0 saturated carbocycles. The molecule has 0 aromatic heterocycles. The highest BCUT2D eigenvalue weighted by molar-refractivity contribution is 8.26. The first-order chi connectivity index (χ1) is 12.0. The summed E-state index contributed by atoms with van der Waals surface area (Å²) in [5, 5.41) is 15.8. The van der Waals surface area contributed by atoms with E-state index in [0.717, 1.165) is 19.3 Å². The van der Waals surface area contributed by atoms with Gasteiger partial charge in [0.2, 0.25) is 19.7 Å². The third kappa shape index (κ3) is 49.5. The van der Waals surface area contributed by atoms with Gasteiger partial charge in [-0.15, -0.1) is 0 Å². The third-order valence-corrected chi connectivity index (χ3v) is 2.91. The molecule has 0 radical (unpaired) electrons. The van der Waals surface area contributed by atoms with Crippen molar-refractivity contribution in [3.63, 3.8) is 0 Å². The van der Waals surface area contributed by atoms with Gasteiger partial charge in [0.15, 0.2) is 0 Å². The van der Waals surface area contributed by atoms with Crippen molar-refractivity contribution in [1.82, 2.24) is 0 Å². The highest BCUT2D eigenvalue weighted by Crippen LogP contribution is 2.06. The largest absolute Gasteiger partial charge is 0.481 e. The highest BCUT2D eigenvalue weighted by atomic mass is 36.0. The van der Waals surface area contributed by atoms with Gasteiger partial charge in [-0.25, -0.2) is 4.21 Å².